The Morgan fingerprint density at radius 1 is 1.10 bits per heavy atom. The summed E-state index contributed by atoms with van der Waals surface area (Å²) >= 11 is 0. The second-order valence-corrected chi connectivity index (χ2v) is 4.46. The second-order valence-electron chi connectivity index (χ2n) is 4.46. The van der Waals surface area contributed by atoms with Crippen LogP contribution >= 0.6 is 0 Å². The van der Waals surface area contributed by atoms with Gasteiger partial charge in [0, 0.05) is 0 Å². The predicted octanol–water partition coefficient (Wildman–Crippen LogP) is 0.589. The van der Waals surface area contributed by atoms with Crippen molar-refractivity contribution in [3.63, 3.8) is 0 Å². The highest BCUT2D eigenvalue weighted by Gasteiger charge is 2.26. The zero-order valence-electron chi connectivity index (χ0n) is 11.6. The van der Waals surface area contributed by atoms with E-state index in [0.29, 0.717) is 0 Å². The number of hydrogen-bond donors (Lipinski definition) is 2. The van der Waals surface area contributed by atoms with Crippen molar-refractivity contribution in [3.05, 3.63) is 35.9 Å². The average Bonchev–Trinajstić information content (AvgIpc) is 2.43. The van der Waals surface area contributed by atoms with E-state index in [1.165, 1.54) is 6.92 Å². The standard InChI is InChI=1S/C14H17NO6/c1-10(15(7-12(16)17)8-13(18)19)14(20)21-9-11-5-3-2-4-6-11/h2-6,10H,7-9H2,1H3,(H,16,17)(H,18,19)/t10-/m0/s1. The fraction of sp³-hybridized carbons (Fsp3) is 0.357. The van der Waals surface area contributed by atoms with Gasteiger partial charge in [-0.1, -0.05) is 30.3 Å². The first-order valence-corrected chi connectivity index (χ1v) is 6.28. The fourth-order valence-electron chi connectivity index (χ4n) is 1.68. The molecular weight excluding hydrogens is 278 g/mol. The Hall–Kier alpha value is -2.41. The maximum Gasteiger partial charge on any atom is 0.323 e. The summed E-state index contributed by atoms with van der Waals surface area (Å²) in [6.07, 6.45) is 0. The van der Waals surface area contributed by atoms with E-state index >= 15 is 0 Å². The molecule has 1 aromatic rings. The normalized spacial score (nSPS) is 11.9. The van der Waals surface area contributed by atoms with Crippen molar-refractivity contribution in [2.75, 3.05) is 13.1 Å². The molecule has 0 unspecified atom stereocenters. The van der Waals surface area contributed by atoms with Crippen LogP contribution in [0.5, 0.6) is 0 Å². The minimum absolute atomic E-state index is 0.0536. The number of carbonyl (C=O) groups excluding carboxylic acids is 1. The Morgan fingerprint density at radius 2 is 1.62 bits per heavy atom. The summed E-state index contributed by atoms with van der Waals surface area (Å²) in [5.41, 5.74) is 0.793. The molecule has 0 saturated heterocycles. The molecule has 0 bridgehead atoms. The molecular formula is C14H17NO6. The number of esters is 1. The van der Waals surface area contributed by atoms with Gasteiger partial charge in [-0.2, -0.15) is 0 Å². The van der Waals surface area contributed by atoms with E-state index in [-0.39, 0.29) is 6.61 Å². The van der Waals surface area contributed by atoms with Gasteiger partial charge in [0.05, 0.1) is 13.1 Å². The van der Waals surface area contributed by atoms with Gasteiger partial charge in [-0.05, 0) is 12.5 Å². The molecule has 2 N–H and O–H groups in total. The van der Waals surface area contributed by atoms with Crippen LogP contribution in [0.4, 0.5) is 0 Å². The van der Waals surface area contributed by atoms with E-state index in [2.05, 4.69) is 0 Å². The van der Waals surface area contributed by atoms with Crippen LogP contribution in [0.3, 0.4) is 0 Å². The number of hydrogen-bond acceptors (Lipinski definition) is 5. The summed E-state index contributed by atoms with van der Waals surface area (Å²) < 4.78 is 5.07. The molecule has 21 heavy (non-hydrogen) atoms. The molecule has 0 aliphatic heterocycles. The van der Waals surface area contributed by atoms with E-state index < -0.39 is 37.0 Å². The fourth-order valence-corrected chi connectivity index (χ4v) is 1.68. The molecule has 0 spiro atoms. The molecule has 114 valence electrons. The zero-order valence-corrected chi connectivity index (χ0v) is 11.6. The Bertz CT molecular complexity index is 485. The Balaban J connectivity index is 2.60. The lowest BCUT2D eigenvalue weighted by Gasteiger charge is -2.24. The van der Waals surface area contributed by atoms with Crippen molar-refractivity contribution < 1.29 is 29.3 Å². The van der Waals surface area contributed by atoms with Crippen LogP contribution in [0.25, 0.3) is 0 Å². The maximum atomic E-state index is 11.9. The van der Waals surface area contributed by atoms with Gasteiger partial charge in [0.2, 0.25) is 0 Å². The summed E-state index contributed by atoms with van der Waals surface area (Å²) in [6.45, 7) is 0.374. The van der Waals surface area contributed by atoms with Crippen molar-refractivity contribution in [1.29, 1.82) is 0 Å². The van der Waals surface area contributed by atoms with Crippen molar-refractivity contribution >= 4 is 17.9 Å². The molecule has 0 amide bonds. The first-order chi connectivity index (χ1) is 9.90. The van der Waals surface area contributed by atoms with Crippen LogP contribution in [0, 0.1) is 0 Å². The lowest BCUT2D eigenvalue weighted by atomic mass is 10.2. The van der Waals surface area contributed by atoms with Crippen LogP contribution in [0.2, 0.25) is 0 Å². The summed E-state index contributed by atoms with van der Waals surface area (Å²) in [5, 5.41) is 17.5. The first kappa shape index (κ1) is 16.6. The Labute approximate surface area is 121 Å². The quantitative estimate of drug-likeness (QED) is 0.676. The van der Waals surface area contributed by atoms with Crippen molar-refractivity contribution in [1.82, 2.24) is 4.90 Å². The SMILES string of the molecule is C[C@@H](C(=O)OCc1ccccc1)N(CC(=O)O)CC(=O)O. The largest absolute Gasteiger partial charge is 0.480 e. The number of carboxylic acids is 2. The molecule has 0 radical (unpaired) electrons. The molecule has 0 fully saturated rings. The van der Waals surface area contributed by atoms with Gasteiger partial charge in [0.1, 0.15) is 12.6 Å². The van der Waals surface area contributed by atoms with Crippen LogP contribution in [0.1, 0.15) is 12.5 Å². The van der Waals surface area contributed by atoms with Crippen LogP contribution < -0.4 is 0 Å². The predicted molar refractivity (Wildman–Crippen MR) is 72.5 cm³/mol. The molecule has 0 aromatic heterocycles. The lowest BCUT2D eigenvalue weighted by molar-refractivity contribution is -0.153. The average molecular weight is 295 g/mol. The number of rotatable bonds is 8. The summed E-state index contributed by atoms with van der Waals surface area (Å²) in [4.78, 5) is 34.3. The van der Waals surface area contributed by atoms with E-state index in [0.717, 1.165) is 10.5 Å². The van der Waals surface area contributed by atoms with Gasteiger partial charge >= 0.3 is 17.9 Å². The van der Waals surface area contributed by atoms with E-state index in [9.17, 15) is 14.4 Å². The van der Waals surface area contributed by atoms with Crippen LogP contribution in [0.15, 0.2) is 30.3 Å². The van der Waals surface area contributed by atoms with E-state index in [1.807, 2.05) is 6.07 Å². The molecule has 0 heterocycles. The lowest BCUT2D eigenvalue weighted by Crippen LogP contribution is -2.45. The minimum Gasteiger partial charge on any atom is -0.480 e. The highest BCUT2D eigenvalue weighted by Crippen LogP contribution is 2.06. The number of aliphatic carboxylic acids is 2. The van der Waals surface area contributed by atoms with Gasteiger partial charge in [-0.15, -0.1) is 0 Å². The van der Waals surface area contributed by atoms with Crippen molar-refractivity contribution in [2.24, 2.45) is 0 Å². The van der Waals surface area contributed by atoms with Gasteiger partial charge in [-0.25, -0.2) is 0 Å². The summed E-state index contributed by atoms with van der Waals surface area (Å²) in [5.74, 6) is -3.08. The second kappa shape index (κ2) is 8.01. The monoisotopic (exact) mass is 295 g/mol. The molecule has 1 rings (SSSR count). The Morgan fingerprint density at radius 3 is 2.10 bits per heavy atom. The van der Waals surface area contributed by atoms with Crippen molar-refractivity contribution in [2.45, 2.75) is 19.6 Å². The molecule has 0 aliphatic carbocycles. The number of ether oxygens (including phenoxy) is 1. The third-order valence-corrected chi connectivity index (χ3v) is 2.79. The van der Waals surface area contributed by atoms with Crippen LogP contribution in [-0.4, -0.2) is 52.2 Å². The first-order valence-electron chi connectivity index (χ1n) is 6.28. The maximum absolute atomic E-state index is 11.9. The molecule has 0 saturated carbocycles. The molecule has 1 aromatic carbocycles. The topological polar surface area (TPSA) is 104 Å². The Kier molecular flexibility index (Phi) is 6.35. The smallest absolute Gasteiger partial charge is 0.323 e. The van der Waals surface area contributed by atoms with Gasteiger partial charge in [-0.3, -0.25) is 19.3 Å². The molecule has 1 atom stereocenters. The molecule has 0 aliphatic rings. The van der Waals surface area contributed by atoms with E-state index in [1.54, 1.807) is 24.3 Å². The number of benzene rings is 1. The summed E-state index contributed by atoms with van der Waals surface area (Å²) in [6, 6.07) is 8.03. The minimum atomic E-state index is -1.21. The van der Waals surface area contributed by atoms with E-state index in [4.69, 9.17) is 14.9 Å². The van der Waals surface area contributed by atoms with Gasteiger partial charge < -0.3 is 14.9 Å². The third kappa shape index (κ3) is 6.05. The van der Waals surface area contributed by atoms with Gasteiger partial charge in [0.25, 0.3) is 0 Å². The number of nitrogens with zero attached hydrogens (tertiary/aromatic N) is 1. The highest BCUT2D eigenvalue weighted by molar-refractivity contribution is 5.79. The third-order valence-electron chi connectivity index (χ3n) is 2.79. The van der Waals surface area contributed by atoms with Gasteiger partial charge in [0.15, 0.2) is 0 Å². The van der Waals surface area contributed by atoms with Crippen molar-refractivity contribution in [3.8, 4) is 0 Å². The molecule has 7 heteroatoms. The number of carboxylic acid groups (broad SMARTS) is 2. The summed E-state index contributed by atoms with van der Waals surface area (Å²) in [7, 11) is 0. The highest BCUT2D eigenvalue weighted by atomic mass is 16.5. The molecule has 7 nitrogen and oxygen atoms in total. The van der Waals surface area contributed by atoms with Crippen LogP contribution in [-0.2, 0) is 25.7 Å². The number of carbonyl (C=O) groups is 3. The zero-order chi connectivity index (χ0) is 15.8.